The van der Waals surface area contributed by atoms with Gasteiger partial charge in [-0.15, -0.1) is 0 Å². The van der Waals surface area contributed by atoms with Crippen LogP contribution in [0.25, 0.3) is 0 Å². The van der Waals surface area contributed by atoms with Gasteiger partial charge in [-0.1, -0.05) is 6.42 Å². The maximum atomic E-state index is 11.3. The Labute approximate surface area is 85.6 Å². The number of nitrogens with zero attached hydrogens (tertiary/aromatic N) is 1. The number of carbonyl (C=O) groups excluding carboxylic acids is 1. The number of nitrogens with two attached hydrogens (primary N) is 1. The highest BCUT2D eigenvalue weighted by Crippen LogP contribution is 2.34. The Bertz CT molecular complexity index is 229. The van der Waals surface area contributed by atoms with Gasteiger partial charge in [0, 0.05) is 12.1 Å². The van der Waals surface area contributed by atoms with Crippen LogP contribution in [0.2, 0.25) is 0 Å². The molecule has 1 saturated heterocycles. The average molecular weight is 196 g/mol. The molecule has 2 N–H and O–H groups in total. The fourth-order valence-corrected chi connectivity index (χ4v) is 3.12. The van der Waals surface area contributed by atoms with E-state index in [4.69, 9.17) is 5.73 Å². The molecule has 0 aromatic heterocycles. The Morgan fingerprint density at radius 2 is 2.07 bits per heavy atom. The zero-order valence-electron chi connectivity index (χ0n) is 8.91. The molecule has 3 heteroatoms. The Hall–Kier alpha value is -0.570. The standard InChI is InChI=1S/C11H20N2O/c1-8-4-3-7-13(8)10-6-2-5-9(10)11(12)14/h8-10H,2-7H2,1H3,(H2,12,14)/t8-,9?,10-/m0/s1. The number of amides is 1. The second kappa shape index (κ2) is 3.89. The molecule has 1 amide bonds. The summed E-state index contributed by atoms with van der Waals surface area (Å²) < 4.78 is 0. The van der Waals surface area contributed by atoms with Crippen LogP contribution in [0.4, 0.5) is 0 Å². The molecule has 80 valence electrons. The lowest BCUT2D eigenvalue weighted by molar-refractivity contribution is -0.123. The number of hydrogen-bond donors (Lipinski definition) is 1. The van der Waals surface area contributed by atoms with E-state index >= 15 is 0 Å². The van der Waals surface area contributed by atoms with E-state index in [2.05, 4.69) is 11.8 Å². The SMILES string of the molecule is C[C@H]1CCCN1[C@H]1CCCC1C(N)=O. The van der Waals surface area contributed by atoms with Crippen molar-refractivity contribution in [3.63, 3.8) is 0 Å². The van der Waals surface area contributed by atoms with E-state index in [1.165, 1.54) is 19.3 Å². The van der Waals surface area contributed by atoms with Crippen molar-refractivity contribution in [3.05, 3.63) is 0 Å². The molecule has 0 aromatic carbocycles. The first kappa shape index (κ1) is 9.97. The summed E-state index contributed by atoms with van der Waals surface area (Å²) in [4.78, 5) is 13.8. The van der Waals surface area contributed by atoms with Crippen LogP contribution in [-0.2, 0) is 4.79 Å². The van der Waals surface area contributed by atoms with Gasteiger partial charge in [-0.05, 0) is 39.2 Å². The van der Waals surface area contributed by atoms with E-state index in [9.17, 15) is 4.79 Å². The molecular weight excluding hydrogens is 176 g/mol. The Morgan fingerprint density at radius 3 is 2.64 bits per heavy atom. The number of hydrogen-bond acceptors (Lipinski definition) is 2. The molecule has 1 unspecified atom stereocenters. The molecule has 2 rings (SSSR count). The quantitative estimate of drug-likeness (QED) is 0.719. The van der Waals surface area contributed by atoms with Crippen LogP contribution in [-0.4, -0.2) is 29.4 Å². The molecule has 0 spiro atoms. The number of primary amides is 1. The van der Waals surface area contributed by atoms with Gasteiger partial charge in [-0.25, -0.2) is 0 Å². The molecule has 1 aliphatic carbocycles. The minimum Gasteiger partial charge on any atom is -0.369 e. The molecule has 1 heterocycles. The molecule has 1 saturated carbocycles. The summed E-state index contributed by atoms with van der Waals surface area (Å²) in [5.74, 6) is 0.0298. The first-order valence-corrected chi connectivity index (χ1v) is 5.75. The van der Waals surface area contributed by atoms with Gasteiger partial charge in [-0.2, -0.15) is 0 Å². The first-order chi connectivity index (χ1) is 6.70. The van der Waals surface area contributed by atoms with Crippen molar-refractivity contribution in [1.29, 1.82) is 0 Å². The molecule has 3 atom stereocenters. The van der Waals surface area contributed by atoms with Crippen LogP contribution in [0, 0.1) is 5.92 Å². The van der Waals surface area contributed by atoms with Gasteiger partial charge in [0.05, 0.1) is 5.92 Å². The van der Waals surface area contributed by atoms with Crippen molar-refractivity contribution in [2.45, 2.75) is 51.1 Å². The largest absolute Gasteiger partial charge is 0.369 e. The second-order valence-electron chi connectivity index (χ2n) is 4.74. The van der Waals surface area contributed by atoms with Crippen molar-refractivity contribution < 1.29 is 4.79 Å². The third kappa shape index (κ3) is 1.65. The highest BCUT2D eigenvalue weighted by atomic mass is 16.1. The van der Waals surface area contributed by atoms with Crippen LogP contribution in [0.1, 0.15) is 39.0 Å². The molecular formula is C11H20N2O. The summed E-state index contributed by atoms with van der Waals surface area (Å²) in [7, 11) is 0. The third-order valence-electron chi connectivity index (χ3n) is 3.88. The predicted octanol–water partition coefficient (Wildman–Crippen LogP) is 1.12. The molecule has 2 fully saturated rings. The van der Waals surface area contributed by atoms with Crippen molar-refractivity contribution in [3.8, 4) is 0 Å². The van der Waals surface area contributed by atoms with Crippen molar-refractivity contribution >= 4 is 5.91 Å². The Morgan fingerprint density at radius 1 is 1.29 bits per heavy atom. The molecule has 3 nitrogen and oxygen atoms in total. The van der Waals surface area contributed by atoms with Gasteiger partial charge in [0.2, 0.25) is 5.91 Å². The zero-order valence-corrected chi connectivity index (χ0v) is 8.91. The fourth-order valence-electron chi connectivity index (χ4n) is 3.12. The van der Waals surface area contributed by atoms with Crippen molar-refractivity contribution in [2.75, 3.05) is 6.54 Å². The van der Waals surface area contributed by atoms with E-state index in [1.807, 2.05) is 0 Å². The predicted molar refractivity (Wildman–Crippen MR) is 55.7 cm³/mol. The minimum atomic E-state index is -0.0911. The lowest BCUT2D eigenvalue weighted by Crippen LogP contribution is -2.44. The first-order valence-electron chi connectivity index (χ1n) is 5.75. The van der Waals surface area contributed by atoms with Crippen molar-refractivity contribution in [1.82, 2.24) is 4.90 Å². The highest BCUT2D eigenvalue weighted by Gasteiger charge is 2.38. The summed E-state index contributed by atoms with van der Waals surface area (Å²) in [6.07, 6.45) is 5.90. The monoisotopic (exact) mass is 196 g/mol. The van der Waals surface area contributed by atoms with E-state index in [0.717, 1.165) is 19.4 Å². The lowest BCUT2D eigenvalue weighted by Gasteiger charge is -2.31. The van der Waals surface area contributed by atoms with E-state index in [0.29, 0.717) is 12.1 Å². The summed E-state index contributed by atoms with van der Waals surface area (Å²) in [5, 5.41) is 0. The van der Waals surface area contributed by atoms with Crippen LogP contribution in [0.5, 0.6) is 0 Å². The van der Waals surface area contributed by atoms with Crippen molar-refractivity contribution in [2.24, 2.45) is 11.7 Å². The van der Waals surface area contributed by atoms with Gasteiger partial charge in [-0.3, -0.25) is 9.69 Å². The molecule has 1 aliphatic heterocycles. The van der Waals surface area contributed by atoms with Crippen LogP contribution >= 0.6 is 0 Å². The Kier molecular flexibility index (Phi) is 2.77. The number of likely N-dealkylation sites (tertiary alicyclic amines) is 1. The summed E-state index contributed by atoms with van der Waals surface area (Å²) in [6, 6.07) is 1.10. The highest BCUT2D eigenvalue weighted by molar-refractivity contribution is 5.77. The van der Waals surface area contributed by atoms with Gasteiger partial charge in [0.15, 0.2) is 0 Å². The number of rotatable bonds is 2. The molecule has 14 heavy (non-hydrogen) atoms. The fraction of sp³-hybridized carbons (Fsp3) is 0.909. The molecule has 0 aromatic rings. The molecule has 0 bridgehead atoms. The van der Waals surface area contributed by atoms with E-state index in [1.54, 1.807) is 0 Å². The van der Waals surface area contributed by atoms with Gasteiger partial charge in [0.1, 0.15) is 0 Å². The van der Waals surface area contributed by atoms with Gasteiger partial charge < -0.3 is 5.73 Å². The van der Waals surface area contributed by atoms with Crippen LogP contribution < -0.4 is 5.73 Å². The number of carbonyl (C=O) groups is 1. The normalized spacial score (nSPS) is 39.1. The topological polar surface area (TPSA) is 46.3 Å². The van der Waals surface area contributed by atoms with Gasteiger partial charge >= 0.3 is 0 Å². The summed E-state index contributed by atoms with van der Waals surface area (Å²) >= 11 is 0. The average Bonchev–Trinajstić information content (AvgIpc) is 2.70. The van der Waals surface area contributed by atoms with Crippen LogP contribution in [0.15, 0.2) is 0 Å². The third-order valence-corrected chi connectivity index (χ3v) is 3.88. The maximum Gasteiger partial charge on any atom is 0.222 e. The maximum absolute atomic E-state index is 11.3. The smallest absolute Gasteiger partial charge is 0.222 e. The second-order valence-corrected chi connectivity index (χ2v) is 4.74. The summed E-state index contributed by atoms with van der Waals surface area (Å²) in [6.45, 7) is 3.43. The molecule has 0 radical (unpaired) electrons. The van der Waals surface area contributed by atoms with E-state index < -0.39 is 0 Å². The Balaban J connectivity index is 2.05. The van der Waals surface area contributed by atoms with E-state index in [-0.39, 0.29) is 11.8 Å². The van der Waals surface area contributed by atoms with Gasteiger partial charge in [0.25, 0.3) is 0 Å². The molecule has 2 aliphatic rings. The summed E-state index contributed by atoms with van der Waals surface area (Å²) in [5.41, 5.74) is 5.44. The van der Waals surface area contributed by atoms with Crippen LogP contribution in [0.3, 0.4) is 0 Å². The minimum absolute atomic E-state index is 0.0911. The zero-order chi connectivity index (χ0) is 10.1. The lowest BCUT2D eigenvalue weighted by atomic mass is 10.0.